The van der Waals surface area contributed by atoms with Crippen molar-refractivity contribution >= 4 is 35.1 Å². The smallest absolute Gasteiger partial charge is 0.354 e. The highest BCUT2D eigenvalue weighted by Crippen LogP contribution is 2.21. The van der Waals surface area contributed by atoms with Gasteiger partial charge in [-0.1, -0.05) is 23.2 Å². The number of allylic oxidation sites excluding steroid dienone is 1. The average molecular weight is 316 g/mol. The Morgan fingerprint density at radius 2 is 1.90 bits per heavy atom. The monoisotopic (exact) mass is 315 g/mol. The van der Waals surface area contributed by atoms with Crippen molar-refractivity contribution < 1.29 is 14.3 Å². The van der Waals surface area contributed by atoms with Crippen LogP contribution in [0.2, 0.25) is 10.0 Å². The standard InChI is InChI=1S/C14H15Cl2NO3/c1-4-20-14(19)12(8(2)3)17-13(18)10-6-5-9(15)7-11(10)16/h5-7H,4H2,1-3H3,(H,17,18). The summed E-state index contributed by atoms with van der Waals surface area (Å²) in [5.41, 5.74) is 0.990. The Kier molecular flexibility index (Phi) is 6.05. The van der Waals surface area contributed by atoms with E-state index in [1.165, 1.54) is 12.1 Å². The molecule has 1 aromatic rings. The lowest BCUT2D eigenvalue weighted by Gasteiger charge is -2.11. The molecule has 0 aliphatic rings. The van der Waals surface area contributed by atoms with Gasteiger partial charge in [0, 0.05) is 5.02 Å². The van der Waals surface area contributed by atoms with Gasteiger partial charge in [-0.05, 0) is 44.5 Å². The van der Waals surface area contributed by atoms with Crippen molar-refractivity contribution in [1.29, 1.82) is 0 Å². The first-order valence-corrected chi connectivity index (χ1v) is 6.73. The molecule has 108 valence electrons. The molecule has 1 amide bonds. The van der Waals surface area contributed by atoms with Crippen LogP contribution in [0.4, 0.5) is 0 Å². The lowest BCUT2D eigenvalue weighted by Crippen LogP contribution is -2.29. The van der Waals surface area contributed by atoms with E-state index in [0.29, 0.717) is 10.6 Å². The van der Waals surface area contributed by atoms with Crippen LogP contribution in [0.5, 0.6) is 0 Å². The van der Waals surface area contributed by atoms with E-state index in [2.05, 4.69) is 5.32 Å². The largest absolute Gasteiger partial charge is 0.461 e. The maximum Gasteiger partial charge on any atom is 0.354 e. The number of carbonyl (C=O) groups is 2. The molecule has 0 radical (unpaired) electrons. The van der Waals surface area contributed by atoms with Crippen LogP contribution in [0.15, 0.2) is 29.5 Å². The number of rotatable bonds is 4. The number of esters is 1. The molecule has 0 fully saturated rings. The van der Waals surface area contributed by atoms with Gasteiger partial charge < -0.3 is 10.1 Å². The molecule has 0 spiro atoms. The van der Waals surface area contributed by atoms with Crippen LogP contribution in [0.3, 0.4) is 0 Å². The Labute approximate surface area is 127 Å². The second-order valence-corrected chi connectivity index (χ2v) is 5.02. The molecular formula is C14H15Cl2NO3. The molecule has 1 N–H and O–H groups in total. The molecule has 0 heterocycles. The molecule has 4 nitrogen and oxygen atoms in total. The normalized spacial score (nSPS) is 9.85. The molecule has 0 aromatic heterocycles. The van der Waals surface area contributed by atoms with Gasteiger partial charge in [0.05, 0.1) is 17.2 Å². The van der Waals surface area contributed by atoms with Crippen molar-refractivity contribution in [2.75, 3.05) is 6.61 Å². The molecule has 0 saturated carbocycles. The van der Waals surface area contributed by atoms with Gasteiger partial charge >= 0.3 is 5.97 Å². The molecule has 0 aliphatic heterocycles. The lowest BCUT2D eigenvalue weighted by atomic mass is 10.2. The zero-order valence-corrected chi connectivity index (χ0v) is 12.9. The third-order valence-corrected chi connectivity index (χ3v) is 2.94. The Bertz CT molecular complexity index is 564. The van der Waals surface area contributed by atoms with Gasteiger partial charge in [0.2, 0.25) is 0 Å². The van der Waals surface area contributed by atoms with E-state index in [4.69, 9.17) is 27.9 Å². The molecule has 0 atom stereocenters. The van der Waals surface area contributed by atoms with Gasteiger partial charge in [-0.15, -0.1) is 0 Å². The molecule has 0 unspecified atom stereocenters. The van der Waals surface area contributed by atoms with Crippen LogP contribution >= 0.6 is 23.2 Å². The third-order valence-electron chi connectivity index (χ3n) is 2.39. The van der Waals surface area contributed by atoms with E-state index in [0.717, 1.165) is 0 Å². The predicted octanol–water partition coefficient (Wildman–Crippen LogP) is 3.58. The van der Waals surface area contributed by atoms with Crippen molar-refractivity contribution in [3.05, 3.63) is 45.1 Å². The Hall–Kier alpha value is -1.52. The summed E-state index contributed by atoms with van der Waals surface area (Å²) in [7, 11) is 0. The molecule has 0 bridgehead atoms. The lowest BCUT2D eigenvalue weighted by molar-refractivity contribution is -0.138. The maximum absolute atomic E-state index is 12.1. The minimum Gasteiger partial charge on any atom is -0.461 e. The highest BCUT2D eigenvalue weighted by Gasteiger charge is 2.18. The molecule has 6 heteroatoms. The second kappa shape index (κ2) is 7.31. The highest BCUT2D eigenvalue weighted by atomic mass is 35.5. The van der Waals surface area contributed by atoms with Crippen LogP contribution in [0, 0.1) is 0 Å². The van der Waals surface area contributed by atoms with E-state index in [-0.39, 0.29) is 22.9 Å². The Balaban J connectivity index is 2.98. The first-order valence-electron chi connectivity index (χ1n) is 5.97. The topological polar surface area (TPSA) is 55.4 Å². The van der Waals surface area contributed by atoms with Crippen molar-refractivity contribution in [1.82, 2.24) is 5.32 Å². The van der Waals surface area contributed by atoms with Crippen LogP contribution in [-0.2, 0) is 9.53 Å². The first kappa shape index (κ1) is 16.5. The summed E-state index contributed by atoms with van der Waals surface area (Å²) in [5.74, 6) is -1.07. The molecular weight excluding hydrogens is 301 g/mol. The van der Waals surface area contributed by atoms with Gasteiger partial charge in [0.1, 0.15) is 5.70 Å². The second-order valence-electron chi connectivity index (χ2n) is 4.17. The van der Waals surface area contributed by atoms with Crippen LogP contribution in [-0.4, -0.2) is 18.5 Å². The van der Waals surface area contributed by atoms with Crippen molar-refractivity contribution in [3.8, 4) is 0 Å². The molecule has 0 saturated heterocycles. The number of halogens is 2. The number of nitrogens with one attached hydrogen (secondary N) is 1. The fraction of sp³-hybridized carbons (Fsp3) is 0.286. The Morgan fingerprint density at radius 1 is 1.25 bits per heavy atom. The molecule has 1 aromatic carbocycles. The number of amides is 1. The van der Waals surface area contributed by atoms with E-state index >= 15 is 0 Å². The SMILES string of the molecule is CCOC(=O)C(NC(=O)c1ccc(Cl)cc1Cl)=C(C)C. The van der Waals surface area contributed by atoms with Crippen molar-refractivity contribution in [2.24, 2.45) is 0 Å². The quantitative estimate of drug-likeness (QED) is 0.682. The average Bonchev–Trinajstić information content (AvgIpc) is 2.35. The van der Waals surface area contributed by atoms with Crippen molar-refractivity contribution in [3.63, 3.8) is 0 Å². The van der Waals surface area contributed by atoms with Gasteiger partial charge in [0.25, 0.3) is 5.91 Å². The van der Waals surface area contributed by atoms with E-state index in [1.54, 1.807) is 26.8 Å². The van der Waals surface area contributed by atoms with E-state index in [9.17, 15) is 9.59 Å². The summed E-state index contributed by atoms with van der Waals surface area (Å²) in [6.07, 6.45) is 0. The maximum atomic E-state index is 12.1. The number of hydrogen-bond acceptors (Lipinski definition) is 3. The summed E-state index contributed by atoms with van der Waals surface area (Å²) in [5, 5.41) is 3.16. The molecule has 0 aliphatic carbocycles. The fourth-order valence-electron chi connectivity index (χ4n) is 1.44. The number of hydrogen-bond donors (Lipinski definition) is 1. The van der Waals surface area contributed by atoms with Crippen molar-refractivity contribution in [2.45, 2.75) is 20.8 Å². The molecule has 1 rings (SSSR count). The van der Waals surface area contributed by atoms with Crippen LogP contribution in [0.25, 0.3) is 0 Å². The van der Waals surface area contributed by atoms with Gasteiger partial charge in [0.15, 0.2) is 0 Å². The minimum absolute atomic E-state index is 0.114. The summed E-state index contributed by atoms with van der Waals surface area (Å²) < 4.78 is 4.89. The number of carbonyl (C=O) groups excluding carboxylic acids is 2. The summed E-state index contributed by atoms with van der Waals surface area (Å²) in [6, 6.07) is 4.51. The van der Waals surface area contributed by atoms with E-state index < -0.39 is 11.9 Å². The molecule has 20 heavy (non-hydrogen) atoms. The highest BCUT2D eigenvalue weighted by molar-refractivity contribution is 6.36. The van der Waals surface area contributed by atoms with Crippen LogP contribution in [0.1, 0.15) is 31.1 Å². The minimum atomic E-state index is -0.578. The van der Waals surface area contributed by atoms with Gasteiger partial charge in [-0.25, -0.2) is 4.79 Å². The zero-order valence-electron chi connectivity index (χ0n) is 11.4. The first-order chi connectivity index (χ1) is 9.36. The predicted molar refractivity (Wildman–Crippen MR) is 78.9 cm³/mol. The summed E-state index contributed by atoms with van der Waals surface area (Å²) >= 11 is 11.7. The Morgan fingerprint density at radius 3 is 2.40 bits per heavy atom. The summed E-state index contributed by atoms with van der Waals surface area (Å²) in [6.45, 7) is 5.33. The fourth-order valence-corrected chi connectivity index (χ4v) is 1.93. The number of benzene rings is 1. The van der Waals surface area contributed by atoms with E-state index in [1.807, 2.05) is 0 Å². The third kappa shape index (κ3) is 4.25. The zero-order chi connectivity index (χ0) is 15.3. The van der Waals surface area contributed by atoms with Gasteiger partial charge in [-0.3, -0.25) is 4.79 Å². The number of ether oxygens (including phenoxy) is 1. The van der Waals surface area contributed by atoms with Crippen LogP contribution < -0.4 is 5.32 Å². The van der Waals surface area contributed by atoms with Gasteiger partial charge in [-0.2, -0.15) is 0 Å². The summed E-state index contributed by atoms with van der Waals surface area (Å²) in [4.78, 5) is 23.9.